The SMILES string of the molecule is C[C@@H]1C[C@H](n2cc(I)c(=O)[nH]c2=O)O[C@@H]1CO. The molecule has 2 N–H and O–H groups in total. The van der Waals surface area contributed by atoms with Crippen molar-refractivity contribution in [1.82, 2.24) is 9.55 Å². The Hall–Kier alpha value is -0.670. The van der Waals surface area contributed by atoms with Gasteiger partial charge in [0.2, 0.25) is 0 Å². The van der Waals surface area contributed by atoms with Crippen molar-refractivity contribution in [2.45, 2.75) is 25.7 Å². The van der Waals surface area contributed by atoms with E-state index in [9.17, 15) is 9.59 Å². The summed E-state index contributed by atoms with van der Waals surface area (Å²) in [6, 6.07) is 0. The Morgan fingerprint density at radius 2 is 2.35 bits per heavy atom. The number of nitrogens with one attached hydrogen (secondary N) is 1. The number of aromatic nitrogens is 2. The minimum atomic E-state index is -0.480. The van der Waals surface area contributed by atoms with Crippen LogP contribution in [0.4, 0.5) is 0 Å². The highest BCUT2D eigenvalue weighted by Crippen LogP contribution is 2.31. The lowest BCUT2D eigenvalue weighted by atomic mass is 10.0. The standard InChI is InChI=1S/C10H13IN2O4/c1-5-2-8(17-7(5)4-14)13-3-6(11)9(15)12-10(13)16/h3,5,7-8,14H,2,4H2,1H3,(H,12,15,16)/t5-,7-,8-/m1/s1. The average Bonchev–Trinajstić information content (AvgIpc) is 2.65. The van der Waals surface area contributed by atoms with Gasteiger partial charge in [-0.2, -0.15) is 0 Å². The molecule has 0 saturated carbocycles. The summed E-state index contributed by atoms with van der Waals surface area (Å²) in [5.41, 5.74) is -0.872. The van der Waals surface area contributed by atoms with Crippen LogP contribution in [-0.4, -0.2) is 27.4 Å². The van der Waals surface area contributed by atoms with Gasteiger partial charge in [0.15, 0.2) is 0 Å². The fourth-order valence-corrected chi connectivity index (χ4v) is 2.37. The van der Waals surface area contributed by atoms with Crippen molar-refractivity contribution < 1.29 is 9.84 Å². The third kappa shape index (κ3) is 2.45. The Morgan fingerprint density at radius 1 is 1.65 bits per heavy atom. The molecule has 1 aliphatic rings. The van der Waals surface area contributed by atoms with Crippen molar-refractivity contribution in [1.29, 1.82) is 0 Å². The molecule has 3 atom stereocenters. The molecule has 17 heavy (non-hydrogen) atoms. The zero-order valence-corrected chi connectivity index (χ0v) is 11.4. The monoisotopic (exact) mass is 352 g/mol. The quantitative estimate of drug-likeness (QED) is 0.738. The maximum Gasteiger partial charge on any atom is 0.330 e. The molecular formula is C10H13IN2O4. The largest absolute Gasteiger partial charge is 0.394 e. The summed E-state index contributed by atoms with van der Waals surface area (Å²) in [5.74, 6) is 0.182. The Balaban J connectivity index is 2.34. The van der Waals surface area contributed by atoms with Crippen LogP contribution in [0.5, 0.6) is 0 Å². The summed E-state index contributed by atoms with van der Waals surface area (Å²) in [4.78, 5) is 25.1. The van der Waals surface area contributed by atoms with Crippen LogP contribution in [-0.2, 0) is 4.74 Å². The molecule has 1 saturated heterocycles. The van der Waals surface area contributed by atoms with Crippen LogP contribution in [0, 0.1) is 9.49 Å². The summed E-state index contributed by atoms with van der Waals surface area (Å²) in [6.45, 7) is 1.90. The normalized spacial score (nSPS) is 28.5. The van der Waals surface area contributed by atoms with Crippen LogP contribution in [0.15, 0.2) is 15.8 Å². The number of hydrogen-bond acceptors (Lipinski definition) is 4. The van der Waals surface area contributed by atoms with E-state index in [1.807, 2.05) is 29.5 Å². The highest BCUT2D eigenvalue weighted by molar-refractivity contribution is 14.1. The van der Waals surface area contributed by atoms with Crippen LogP contribution >= 0.6 is 22.6 Å². The van der Waals surface area contributed by atoms with Crippen LogP contribution in [0.25, 0.3) is 0 Å². The van der Waals surface area contributed by atoms with E-state index in [2.05, 4.69) is 4.98 Å². The summed E-state index contributed by atoms with van der Waals surface area (Å²) >= 11 is 1.86. The number of rotatable bonds is 2. The van der Waals surface area contributed by atoms with Crippen LogP contribution in [0.3, 0.4) is 0 Å². The molecule has 7 heteroatoms. The van der Waals surface area contributed by atoms with E-state index in [1.54, 1.807) is 0 Å². The number of halogens is 1. The molecule has 0 aliphatic carbocycles. The lowest BCUT2D eigenvalue weighted by molar-refractivity contribution is -0.0314. The van der Waals surface area contributed by atoms with Crippen LogP contribution in [0.1, 0.15) is 19.6 Å². The molecule has 2 heterocycles. The third-order valence-corrected chi connectivity index (χ3v) is 3.72. The molecule has 1 fully saturated rings. The van der Waals surface area contributed by atoms with E-state index in [0.717, 1.165) is 0 Å². The van der Waals surface area contributed by atoms with Gasteiger partial charge in [0.25, 0.3) is 5.56 Å². The number of aliphatic hydroxyl groups excluding tert-OH is 1. The molecule has 6 nitrogen and oxygen atoms in total. The molecule has 0 radical (unpaired) electrons. The van der Waals surface area contributed by atoms with E-state index < -0.39 is 17.5 Å². The van der Waals surface area contributed by atoms with Crippen molar-refractivity contribution >= 4 is 22.6 Å². The number of hydrogen-bond donors (Lipinski definition) is 2. The zero-order valence-electron chi connectivity index (χ0n) is 9.22. The molecule has 0 spiro atoms. The van der Waals surface area contributed by atoms with Crippen molar-refractivity contribution in [3.05, 3.63) is 30.6 Å². The molecule has 94 valence electrons. The smallest absolute Gasteiger partial charge is 0.330 e. The second kappa shape index (κ2) is 4.91. The highest BCUT2D eigenvalue weighted by Gasteiger charge is 2.33. The Kier molecular flexibility index (Phi) is 3.69. The van der Waals surface area contributed by atoms with Gasteiger partial charge < -0.3 is 9.84 Å². The molecule has 0 amide bonds. The predicted octanol–water partition coefficient (Wildman–Crippen LogP) is 0.0571. The molecule has 0 unspecified atom stereocenters. The van der Waals surface area contributed by atoms with Crippen molar-refractivity contribution in [2.75, 3.05) is 6.61 Å². The number of aromatic amines is 1. The van der Waals surface area contributed by atoms with Gasteiger partial charge in [0.05, 0.1) is 16.3 Å². The number of nitrogens with zero attached hydrogens (tertiary/aromatic N) is 1. The van der Waals surface area contributed by atoms with Crippen molar-refractivity contribution in [3.63, 3.8) is 0 Å². The van der Waals surface area contributed by atoms with Gasteiger partial charge >= 0.3 is 5.69 Å². The summed E-state index contributed by atoms with van der Waals surface area (Å²) < 4.78 is 7.38. The van der Waals surface area contributed by atoms with Gasteiger partial charge in [-0.25, -0.2) is 4.79 Å². The first kappa shape index (κ1) is 12.8. The van der Waals surface area contributed by atoms with E-state index >= 15 is 0 Å². The van der Waals surface area contributed by atoms with Crippen LogP contribution in [0.2, 0.25) is 0 Å². The van der Waals surface area contributed by atoms with Crippen molar-refractivity contribution in [2.24, 2.45) is 5.92 Å². The first-order valence-corrected chi connectivity index (χ1v) is 6.38. The second-order valence-corrected chi connectivity index (χ2v) is 5.33. The maximum atomic E-state index is 11.6. The first-order chi connectivity index (χ1) is 8.02. The highest BCUT2D eigenvalue weighted by atomic mass is 127. The molecule has 1 aromatic rings. The average molecular weight is 352 g/mol. The summed E-state index contributed by atoms with van der Waals surface area (Å²) in [5, 5.41) is 9.10. The lowest BCUT2D eigenvalue weighted by Crippen LogP contribution is -2.33. The minimum Gasteiger partial charge on any atom is -0.394 e. The molecule has 2 rings (SSSR count). The summed E-state index contributed by atoms with van der Waals surface area (Å²) in [7, 11) is 0. The van der Waals surface area contributed by atoms with Crippen LogP contribution < -0.4 is 11.2 Å². The van der Waals surface area contributed by atoms with Gasteiger partial charge in [0, 0.05) is 6.20 Å². The second-order valence-electron chi connectivity index (χ2n) is 4.17. The Bertz CT molecular complexity index is 524. The Morgan fingerprint density at radius 3 is 2.94 bits per heavy atom. The minimum absolute atomic E-state index is 0.0626. The molecule has 1 aliphatic heterocycles. The van der Waals surface area contributed by atoms with E-state index in [4.69, 9.17) is 9.84 Å². The fourth-order valence-electron chi connectivity index (χ4n) is 1.94. The van der Waals surface area contributed by atoms with Gasteiger partial charge in [-0.1, -0.05) is 6.92 Å². The van der Waals surface area contributed by atoms with E-state index in [1.165, 1.54) is 10.8 Å². The topological polar surface area (TPSA) is 84.3 Å². The number of aliphatic hydroxyl groups is 1. The van der Waals surface area contributed by atoms with Gasteiger partial charge in [-0.3, -0.25) is 14.3 Å². The molecule has 0 bridgehead atoms. The number of ether oxygens (including phenoxy) is 1. The molecule has 1 aromatic heterocycles. The number of H-pyrrole nitrogens is 1. The zero-order chi connectivity index (χ0) is 12.6. The van der Waals surface area contributed by atoms with Gasteiger partial charge in [-0.15, -0.1) is 0 Å². The van der Waals surface area contributed by atoms with Gasteiger partial charge in [0.1, 0.15) is 6.23 Å². The van der Waals surface area contributed by atoms with E-state index in [0.29, 0.717) is 9.99 Å². The predicted molar refractivity (Wildman–Crippen MR) is 68.8 cm³/mol. The molecule has 0 aromatic carbocycles. The maximum absolute atomic E-state index is 11.6. The third-order valence-electron chi connectivity index (χ3n) is 2.95. The Labute approximate surface area is 111 Å². The summed E-state index contributed by atoms with van der Waals surface area (Å²) in [6.07, 6.45) is 1.46. The lowest BCUT2D eigenvalue weighted by Gasteiger charge is -2.14. The van der Waals surface area contributed by atoms with Crippen molar-refractivity contribution in [3.8, 4) is 0 Å². The molecular weight excluding hydrogens is 339 g/mol. The van der Waals surface area contributed by atoms with E-state index in [-0.39, 0.29) is 18.6 Å². The fraction of sp³-hybridized carbons (Fsp3) is 0.600. The van der Waals surface area contributed by atoms with Gasteiger partial charge in [-0.05, 0) is 34.9 Å². The first-order valence-electron chi connectivity index (χ1n) is 5.30.